The van der Waals surface area contributed by atoms with Crippen LogP contribution < -0.4 is 0 Å². The molecule has 0 fully saturated rings. The minimum absolute atomic E-state index is 0.812. The lowest BCUT2D eigenvalue weighted by molar-refractivity contribution is 0.682. The second kappa shape index (κ2) is 4.35. The molecule has 96 valence electrons. The van der Waals surface area contributed by atoms with Gasteiger partial charge in [-0.2, -0.15) is 4.36 Å². The Hall–Kier alpha value is -1.87. The van der Waals surface area contributed by atoms with Gasteiger partial charge in [-0.15, -0.1) is 0 Å². The highest BCUT2D eigenvalue weighted by molar-refractivity contribution is 7.93. The zero-order valence-electron chi connectivity index (χ0n) is 11.0. The van der Waals surface area contributed by atoms with Crippen molar-refractivity contribution in [3.05, 3.63) is 65.2 Å². The van der Waals surface area contributed by atoms with Crippen LogP contribution in [-0.4, -0.2) is 10.5 Å². The molecule has 0 N–H and O–H groups in total. The van der Waals surface area contributed by atoms with E-state index in [0.717, 1.165) is 21.7 Å². The molecule has 1 unspecified atom stereocenters. The molecule has 2 aromatic rings. The topological polar surface area (TPSA) is 29.4 Å². The lowest BCUT2D eigenvalue weighted by atomic mass is 10.1. The van der Waals surface area contributed by atoms with Crippen LogP contribution in [0, 0.1) is 6.92 Å². The van der Waals surface area contributed by atoms with Gasteiger partial charge < -0.3 is 0 Å². The molecule has 0 aromatic heterocycles. The molecule has 3 heteroatoms. The van der Waals surface area contributed by atoms with Crippen LogP contribution in [0.3, 0.4) is 0 Å². The average molecular weight is 269 g/mol. The SMILES string of the molecule is Cc1ccc(/C=C2/N=S(C)(=O)c3ccccc32)cc1. The number of hydrogen-bond acceptors (Lipinski definition) is 2. The summed E-state index contributed by atoms with van der Waals surface area (Å²) in [5.41, 5.74) is 4.10. The van der Waals surface area contributed by atoms with Crippen LogP contribution in [0.5, 0.6) is 0 Å². The number of aryl methyl sites for hydroxylation is 1. The van der Waals surface area contributed by atoms with Gasteiger partial charge in [-0.25, -0.2) is 4.21 Å². The Balaban J connectivity index is 2.15. The van der Waals surface area contributed by atoms with Crippen molar-refractivity contribution in [2.75, 3.05) is 6.26 Å². The molecule has 19 heavy (non-hydrogen) atoms. The van der Waals surface area contributed by atoms with E-state index >= 15 is 0 Å². The number of rotatable bonds is 1. The summed E-state index contributed by atoms with van der Waals surface area (Å²) < 4.78 is 16.9. The van der Waals surface area contributed by atoms with Gasteiger partial charge in [-0.05, 0) is 24.6 Å². The third-order valence-electron chi connectivity index (χ3n) is 3.22. The molecule has 0 amide bonds. The quantitative estimate of drug-likeness (QED) is 0.770. The molecule has 1 atom stereocenters. The third-order valence-corrected chi connectivity index (χ3v) is 4.94. The first kappa shape index (κ1) is 12.2. The smallest absolute Gasteiger partial charge is 0.0824 e. The van der Waals surface area contributed by atoms with Gasteiger partial charge in [0, 0.05) is 11.8 Å². The standard InChI is InChI=1S/C16H15NOS/c1-12-7-9-13(10-8-12)11-15-14-5-3-4-6-16(14)19(2,18)17-15/h3-11H,1-2H3/b15-11+. The fourth-order valence-electron chi connectivity index (χ4n) is 2.22. The molecule has 1 aliphatic rings. The Bertz CT molecular complexity index is 779. The van der Waals surface area contributed by atoms with Crippen molar-refractivity contribution in [2.45, 2.75) is 11.8 Å². The van der Waals surface area contributed by atoms with Crippen LogP contribution in [0.25, 0.3) is 11.8 Å². The van der Waals surface area contributed by atoms with Gasteiger partial charge in [-0.3, -0.25) is 0 Å². The Morgan fingerprint density at radius 2 is 1.74 bits per heavy atom. The first-order chi connectivity index (χ1) is 9.06. The fraction of sp³-hybridized carbons (Fsp3) is 0.125. The number of fused-ring (bicyclic) bond motifs is 1. The Labute approximate surface area is 114 Å². The zero-order chi connectivity index (χ0) is 13.5. The van der Waals surface area contributed by atoms with Crippen LogP contribution in [0.1, 0.15) is 16.7 Å². The van der Waals surface area contributed by atoms with Crippen molar-refractivity contribution in [3.63, 3.8) is 0 Å². The second-order valence-corrected chi connectivity index (χ2v) is 7.06. The van der Waals surface area contributed by atoms with Gasteiger partial charge in [-0.1, -0.05) is 48.0 Å². The van der Waals surface area contributed by atoms with Gasteiger partial charge >= 0.3 is 0 Å². The maximum absolute atomic E-state index is 12.5. The highest BCUT2D eigenvalue weighted by Gasteiger charge is 2.21. The van der Waals surface area contributed by atoms with Gasteiger partial charge in [0.2, 0.25) is 0 Å². The molecule has 0 spiro atoms. The van der Waals surface area contributed by atoms with E-state index in [4.69, 9.17) is 0 Å². The first-order valence-corrected chi connectivity index (χ1v) is 8.08. The molecule has 0 saturated carbocycles. The van der Waals surface area contributed by atoms with Crippen molar-refractivity contribution < 1.29 is 4.21 Å². The summed E-state index contributed by atoms with van der Waals surface area (Å²) in [5, 5.41) is 0. The molecule has 2 aromatic carbocycles. The van der Waals surface area contributed by atoms with Crippen LogP contribution >= 0.6 is 0 Å². The second-order valence-electron chi connectivity index (χ2n) is 4.83. The minimum atomic E-state index is -2.28. The summed E-state index contributed by atoms with van der Waals surface area (Å²) in [5.74, 6) is 0. The maximum atomic E-state index is 12.5. The predicted molar refractivity (Wildman–Crippen MR) is 80.3 cm³/mol. The average Bonchev–Trinajstić information content (AvgIpc) is 2.65. The van der Waals surface area contributed by atoms with E-state index in [0.29, 0.717) is 0 Å². The summed E-state index contributed by atoms with van der Waals surface area (Å²) in [6.07, 6.45) is 3.69. The highest BCUT2D eigenvalue weighted by atomic mass is 32.2. The van der Waals surface area contributed by atoms with Crippen LogP contribution in [-0.2, 0) is 9.73 Å². The summed E-state index contributed by atoms with van der Waals surface area (Å²) in [4.78, 5) is 0.841. The van der Waals surface area contributed by atoms with Gasteiger partial charge in [0.15, 0.2) is 0 Å². The van der Waals surface area contributed by atoms with E-state index in [1.54, 1.807) is 6.26 Å². The molecule has 0 saturated heterocycles. The third kappa shape index (κ3) is 2.22. The molecule has 2 nitrogen and oxygen atoms in total. The molecule has 0 radical (unpaired) electrons. The Morgan fingerprint density at radius 3 is 2.47 bits per heavy atom. The summed E-state index contributed by atoms with van der Waals surface area (Å²) in [6, 6.07) is 16.0. The molecule has 1 aliphatic heterocycles. The molecule has 0 bridgehead atoms. The Kier molecular flexibility index (Phi) is 2.79. The number of benzene rings is 2. The fourth-order valence-corrected chi connectivity index (χ4v) is 3.76. The largest absolute Gasteiger partial charge is 0.245 e. The van der Waals surface area contributed by atoms with Crippen LogP contribution in [0.2, 0.25) is 0 Å². The van der Waals surface area contributed by atoms with Crippen LogP contribution in [0.15, 0.2) is 57.8 Å². The van der Waals surface area contributed by atoms with E-state index in [1.807, 2.05) is 30.3 Å². The zero-order valence-corrected chi connectivity index (χ0v) is 11.8. The van der Waals surface area contributed by atoms with Gasteiger partial charge in [0.25, 0.3) is 0 Å². The predicted octanol–water partition coefficient (Wildman–Crippen LogP) is 3.96. The van der Waals surface area contributed by atoms with Gasteiger partial charge in [0.1, 0.15) is 0 Å². The normalized spacial score (nSPS) is 23.2. The van der Waals surface area contributed by atoms with E-state index in [9.17, 15) is 4.21 Å². The van der Waals surface area contributed by atoms with Crippen molar-refractivity contribution in [2.24, 2.45) is 4.36 Å². The molecular formula is C16H15NOS. The summed E-state index contributed by atoms with van der Waals surface area (Å²) >= 11 is 0. The minimum Gasteiger partial charge on any atom is -0.245 e. The lowest BCUT2D eigenvalue weighted by Crippen LogP contribution is -1.92. The molecule has 1 heterocycles. The van der Waals surface area contributed by atoms with E-state index < -0.39 is 9.73 Å². The van der Waals surface area contributed by atoms with E-state index in [2.05, 4.69) is 35.6 Å². The first-order valence-electron chi connectivity index (χ1n) is 6.16. The molecular weight excluding hydrogens is 254 g/mol. The Morgan fingerprint density at radius 1 is 1.05 bits per heavy atom. The van der Waals surface area contributed by atoms with E-state index in [-0.39, 0.29) is 0 Å². The van der Waals surface area contributed by atoms with Crippen molar-refractivity contribution in [1.29, 1.82) is 0 Å². The summed E-state index contributed by atoms with van der Waals surface area (Å²) in [7, 11) is -2.28. The monoisotopic (exact) mass is 269 g/mol. The molecule has 3 rings (SSSR count). The lowest BCUT2D eigenvalue weighted by Gasteiger charge is -2.00. The highest BCUT2D eigenvalue weighted by Crippen LogP contribution is 2.34. The van der Waals surface area contributed by atoms with E-state index in [1.165, 1.54) is 5.56 Å². The summed E-state index contributed by atoms with van der Waals surface area (Å²) in [6.45, 7) is 2.06. The van der Waals surface area contributed by atoms with Crippen molar-refractivity contribution >= 4 is 21.5 Å². The van der Waals surface area contributed by atoms with Gasteiger partial charge in [0.05, 0.1) is 20.3 Å². The van der Waals surface area contributed by atoms with Crippen molar-refractivity contribution in [1.82, 2.24) is 0 Å². The maximum Gasteiger partial charge on any atom is 0.0824 e. The van der Waals surface area contributed by atoms with Crippen molar-refractivity contribution in [3.8, 4) is 0 Å². The van der Waals surface area contributed by atoms with Crippen LogP contribution in [0.4, 0.5) is 0 Å². The molecule has 0 aliphatic carbocycles. The number of nitrogens with zero attached hydrogens (tertiary/aromatic N) is 1. The number of hydrogen-bond donors (Lipinski definition) is 0.